The van der Waals surface area contributed by atoms with Crippen LogP contribution in [0.4, 0.5) is 0 Å². The molecule has 2 aromatic heterocycles. The van der Waals surface area contributed by atoms with Crippen molar-refractivity contribution in [3.8, 4) is 0 Å². The van der Waals surface area contributed by atoms with Crippen LogP contribution in [0.5, 0.6) is 0 Å². The number of thiophene rings is 1. The molecule has 4 nitrogen and oxygen atoms in total. The Hall–Kier alpha value is -2.41. The van der Waals surface area contributed by atoms with Crippen LogP contribution in [-0.4, -0.2) is 19.9 Å². The van der Waals surface area contributed by atoms with E-state index in [-0.39, 0.29) is 10.8 Å². The van der Waals surface area contributed by atoms with Crippen LogP contribution in [0.1, 0.15) is 16.4 Å². The lowest BCUT2D eigenvalue weighted by atomic mass is 9.97. The van der Waals surface area contributed by atoms with Gasteiger partial charge in [-0.15, -0.1) is 11.3 Å². The lowest BCUT2D eigenvalue weighted by molar-refractivity contribution is 0.578. The maximum Gasteiger partial charge on any atom is 0.240 e. The molecule has 0 radical (unpaired) electrons. The minimum atomic E-state index is -3.55. The Kier molecular flexibility index (Phi) is 4.63. The molecule has 4 aromatic rings. The van der Waals surface area contributed by atoms with Crippen LogP contribution in [0.15, 0.2) is 83.2 Å². The molecule has 1 atom stereocenters. The predicted octanol–water partition coefficient (Wildman–Crippen LogP) is 4.34. The summed E-state index contributed by atoms with van der Waals surface area (Å²) in [5.41, 5.74) is 2.15. The van der Waals surface area contributed by atoms with Crippen LogP contribution >= 0.6 is 11.3 Å². The Morgan fingerprint density at radius 1 is 0.962 bits per heavy atom. The first-order chi connectivity index (χ1) is 12.6. The highest BCUT2D eigenvalue weighted by molar-refractivity contribution is 7.89. The van der Waals surface area contributed by atoms with Crippen molar-refractivity contribution in [1.29, 1.82) is 0 Å². The Bertz CT molecular complexity index is 1100. The van der Waals surface area contributed by atoms with E-state index in [9.17, 15) is 8.42 Å². The number of hydrogen-bond acceptors (Lipinski definition) is 3. The number of benzene rings is 2. The number of H-pyrrole nitrogens is 1. The van der Waals surface area contributed by atoms with Gasteiger partial charge >= 0.3 is 0 Å². The average Bonchev–Trinajstić information content (AvgIpc) is 3.33. The van der Waals surface area contributed by atoms with Gasteiger partial charge in [-0.2, -0.15) is 0 Å². The van der Waals surface area contributed by atoms with E-state index in [0.717, 1.165) is 21.3 Å². The SMILES string of the molecule is O=S(=O)(NC[C@H](c1cccs1)c1c[nH]c2ccccc12)c1ccccc1. The molecule has 0 aliphatic heterocycles. The molecule has 2 heterocycles. The van der Waals surface area contributed by atoms with Gasteiger partial charge < -0.3 is 4.98 Å². The van der Waals surface area contributed by atoms with Gasteiger partial charge in [0.15, 0.2) is 0 Å². The van der Waals surface area contributed by atoms with Gasteiger partial charge in [-0.05, 0) is 35.2 Å². The summed E-state index contributed by atoms with van der Waals surface area (Å²) in [5, 5.41) is 3.13. The second kappa shape index (κ2) is 7.07. The number of sulfonamides is 1. The zero-order valence-electron chi connectivity index (χ0n) is 13.9. The van der Waals surface area contributed by atoms with Crippen molar-refractivity contribution < 1.29 is 8.42 Å². The zero-order valence-corrected chi connectivity index (χ0v) is 15.6. The maximum atomic E-state index is 12.6. The molecule has 0 amide bonds. The lowest BCUT2D eigenvalue weighted by Gasteiger charge is -2.16. The lowest BCUT2D eigenvalue weighted by Crippen LogP contribution is -2.28. The second-order valence-electron chi connectivity index (χ2n) is 6.02. The van der Waals surface area contributed by atoms with Gasteiger partial charge in [-0.25, -0.2) is 13.1 Å². The van der Waals surface area contributed by atoms with Crippen molar-refractivity contribution in [2.45, 2.75) is 10.8 Å². The fourth-order valence-corrected chi connectivity index (χ4v) is 5.03. The normalized spacial score (nSPS) is 13.1. The molecule has 2 N–H and O–H groups in total. The summed E-state index contributed by atoms with van der Waals surface area (Å²) in [6, 6.07) is 20.6. The summed E-state index contributed by atoms with van der Waals surface area (Å²) in [6.07, 6.45) is 1.98. The first-order valence-corrected chi connectivity index (χ1v) is 10.7. The minimum Gasteiger partial charge on any atom is -0.361 e. The van der Waals surface area contributed by atoms with Crippen molar-refractivity contribution in [3.63, 3.8) is 0 Å². The Labute approximate surface area is 156 Å². The molecule has 4 rings (SSSR count). The molecular formula is C20H18N2O2S2. The van der Waals surface area contributed by atoms with E-state index in [2.05, 4.69) is 15.8 Å². The van der Waals surface area contributed by atoms with Crippen LogP contribution in [-0.2, 0) is 10.0 Å². The van der Waals surface area contributed by atoms with Gasteiger partial charge in [0.1, 0.15) is 0 Å². The van der Waals surface area contributed by atoms with Crippen molar-refractivity contribution >= 4 is 32.3 Å². The van der Waals surface area contributed by atoms with Gasteiger partial charge in [0.05, 0.1) is 4.90 Å². The highest BCUT2D eigenvalue weighted by atomic mass is 32.2. The summed E-state index contributed by atoms with van der Waals surface area (Å²) in [4.78, 5) is 4.70. The first-order valence-electron chi connectivity index (χ1n) is 8.29. The van der Waals surface area contributed by atoms with E-state index in [4.69, 9.17) is 0 Å². The van der Waals surface area contributed by atoms with Crippen molar-refractivity contribution in [3.05, 3.63) is 88.7 Å². The largest absolute Gasteiger partial charge is 0.361 e. The minimum absolute atomic E-state index is 0.0513. The summed E-state index contributed by atoms with van der Waals surface area (Å²) in [5.74, 6) is -0.0513. The van der Waals surface area contributed by atoms with Crippen LogP contribution in [0.3, 0.4) is 0 Å². The van der Waals surface area contributed by atoms with E-state index in [1.807, 2.05) is 41.9 Å². The maximum absolute atomic E-state index is 12.6. The summed E-state index contributed by atoms with van der Waals surface area (Å²) in [6.45, 7) is 0.305. The number of hydrogen-bond donors (Lipinski definition) is 2. The van der Waals surface area contributed by atoms with Crippen molar-refractivity contribution in [2.24, 2.45) is 0 Å². The molecule has 2 aromatic carbocycles. The van der Waals surface area contributed by atoms with Gasteiger partial charge in [-0.1, -0.05) is 42.5 Å². The molecule has 0 saturated heterocycles. The van der Waals surface area contributed by atoms with E-state index in [0.29, 0.717) is 6.54 Å². The average molecular weight is 383 g/mol. The zero-order chi connectivity index (χ0) is 18.0. The highest BCUT2D eigenvalue weighted by Crippen LogP contribution is 2.33. The van der Waals surface area contributed by atoms with E-state index < -0.39 is 10.0 Å². The Morgan fingerprint density at radius 3 is 2.50 bits per heavy atom. The monoisotopic (exact) mass is 382 g/mol. The standard InChI is InChI=1S/C20H18N2O2S2/c23-26(24,15-7-2-1-3-8-15)22-14-18(20-11-6-12-25-20)17-13-21-19-10-5-4-9-16(17)19/h1-13,18,21-22H,14H2/t18-/m0/s1. The predicted molar refractivity (Wildman–Crippen MR) is 106 cm³/mol. The molecule has 0 saturated carbocycles. The number of aromatic amines is 1. The smallest absolute Gasteiger partial charge is 0.240 e. The molecule has 6 heteroatoms. The number of rotatable bonds is 6. The first kappa shape index (κ1) is 17.0. The van der Waals surface area contributed by atoms with Crippen molar-refractivity contribution in [2.75, 3.05) is 6.54 Å². The second-order valence-corrected chi connectivity index (χ2v) is 8.77. The molecule has 132 valence electrons. The molecular weight excluding hydrogens is 364 g/mol. The quantitative estimate of drug-likeness (QED) is 0.521. The van der Waals surface area contributed by atoms with Crippen LogP contribution in [0, 0.1) is 0 Å². The number of nitrogens with one attached hydrogen (secondary N) is 2. The van der Waals surface area contributed by atoms with Gasteiger partial charge in [0, 0.05) is 34.4 Å². The molecule has 0 aliphatic carbocycles. The molecule has 26 heavy (non-hydrogen) atoms. The third-order valence-electron chi connectivity index (χ3n) is 4.41. The Morgan fingerprint density at radius 2 is 1.73 bits per heavy atom. The Balaban J connectivity index is 1.67. The van der Waals surface area contributed by atoms with Gasteiger partial charge in [-0.3, -0.25) is 0 Å². The fraction of sp³-hybridized carbons (Fsp3) is 0.100. The van der Waals surface area contributed by atoms with E-state index >= 15 is 0 Å². The third kappa shape index (κ3) is 3.31. The number of para-hydroxylation sites is 1. The fourth-order valence-electron chi connectivity index (χ4n) is 3.11. The molecule has 0 spiro atoms. The van der Waals surface area contributed by atoms with Crippen LogP contribution in [0.25, 0.3) is 10.9 Å². The summed E-state index contributed by atoms with van der Waals surface area (Å²) < 4.78 is 28.0. The summed E-state index contributed by atoms with van der Waals surface area (Å²) >= 11 is 1.64. The highest BCUT2D eigenvalue weighted by Gasteiger charge is 2.22. The molecule has 0 aliphatic rings. The number of fused-ring (bicyclic) bond motifs is 1. The van der Waals surface area contributed by atoms with E-state index in [1.165, 1.54) is 0 Å². The summed E-state index contributed by atoms with van der Waals surface area (Å²) in [7, 11) is -3.55. The molecule has 0 fully saturated rings. The van der Waals surface area contributed by atoms with Crippen LogP contribution in [0.2, 0.25) is 0 Å². The number of aromatic nitrogens is 1. The van der Waals surface area contributed by atoms with Crippen LogP contribution < -0.4 is 4.72 Å². The van der Waals surface area contributed by atoms with Crippen molar-refractivity contribution in [1.82, 2.24) is 9.71 Å². The topological polar surface area (TPSA) is 62.0 Å². The van der Waals surface area contributed by atoms with Gasteiger partial charge in [0.2, 0.25) is 10.0 Å². The third-order valence-corrected chi connectivity index (χ3v) is 6.84. The molecule has 0 bridgehead atoms. The molecule has 0 unspecified atom stereocenters. The van der Waals surface area contributed by atoms with Gasteiger partial charge in [0.25, 0.3) is 0 Å². The van der Waals surface area contributed by atoms with E-state index in [1.54, 1.807) is 41.7 Å².